The first-order chi connectivity index (χ1) is 12.1. The summed E-state index contributed by atoms with van der Waals surface area (Å²) in [5.41, 5.74) is 1.83. The molecule has 1 N–H and O–H groups in total. The number of hydrogen-bond donors (Lipinski definition) is 1. The average molecular weight is 344 g/mol. The third-order valence-electron chi connectivity index (χ3n) is 6.05. The molecule has 4 rings (SSSR count). The van der Waals surface area contributed by atoms with Crippen molar-refractivity contribution >= 4 is 11.9 Å². The van der Waals surface area contributed by atoms with E-state index in [0.29, 0.717) is 39.3 Å². The Morgan fingerprint density at radius 3 is 2.84 bits per heavy atom. The van der Waals surface area contributed by atoms with E-state index in [1.807, 2.05) is 6.07 Å². The van der Waals surface area contributed by atoms with Crippen LogP contribution in [0.15, 0.2) is 24.3 Å². The Kier molecular flexibility index (Phi) is 4.25. The van der Waals surface area contributed by atoms with Crippen LogP contribution in [0.2, 0.25) is 0 Å². The van der Waals surface area contributed by atoms with Crippen molar-refractivity contribution in [3.63, 3.8) is 0 Å². The van der Waals surface area contributed by atoms with Crippen molar-refractivity contribution in [1.29, 1.82) is 0 Å². The van der Waals surface area contributed by atoms with Gasteiger partial charge in [-0.25, -0.2) is 0 Å². The molecule has 1 aromatic carbocycles. The summed E-state index contributed by atoms with van der Waals surface area (Å²) in [5.74, 6) is -0.845. The molecule has 2 fully saturated rings. The molecule has 6 heteroatoms. The second kappa shape index (κ2) is 6.42. The van der Waals surface area contributed by atoms with E-state index in [1.165, 1.54) is 11.1 Å². The molecule has 1 amide bonds. The zero-order valence-corrected chi connectivity index (χ0v) is 14.3. The van der Waals surface area contributed by atoms with Crippen LogP contribution in [0.4, 0.5) is 0 Å². The molecule has 1 aromatic rings. The molecular weight excluding hydrogens is 320 g/mol. The second-order valence-electron chi connectivity index (χ2n) is 7.49. The predicted octanol–water partition coefficient (Wildman–Crippen LogP) is 0.994. The van der Waals surface area contributed by atoms with Crippen LogP contribution < -0.4 is 0 Å². The summed E-state index contributed by atoms with van der Waals surface area (Å²) in [7, 11) is 0. The quantitative estimate of drug-likeness (QED) is 0.886. The first kappa shape index (κ1) is 16.5. The summed E-state index contributed by atoms with van der Waals surface area (Å²) < 4.78 is 5.46. The average Bonchev–Trinajstić information content (AvgIpc) is 3.03. The van der Waals surface area contributed by atoms with E-state index in [1.54, 1.807) is 4.90 Å². The first-order valence-corrected chi connectivity index (χ1v) is 8.96. The first-order valence-electron chi connectivity index (χ1n) is 8.96. The van der Waals surface area contributed by atoms with Crippen LogP contribution in [-0.4, -0.2) is 66.2 Å². The third-order valence-corrected chi connectivity index (χ3v) is 6.05. The maximum absolute atomic E-state index is 12.8. The minimum absolute atomic E-state index is 0.0365. The number of benzene rings is 1. The van der Waals surface area contributed by atoms with E-state index in [9.17, 15) is 14.7 Å². The van der Waals surface area contributed by atoms with Gasteiger partial charge >= 0.3 is 5.97 Å². The number of likely N-dealkylation sites (tertiary alicyclic amines) is 1. The topological polar surface area (TPSA) is 70.1 Å². The van der Waals surface area contributed by atoms with Gasteiger partial charge in [0.25, 0.3) is 0 Å². The van der Waals surface area contributed by atoms with Gasteiger partial charge in [-0.1, -0.05) is 24.3 Å². The van der Waals surface area contributed by atoms with Crippen LogP contribution >= 0.6 is 0 Å². The lowest BCUT2D eigenvalue weighted by atomic mass is 9.74. The highest BCUT2D eigenvalue weighted by atomic mass is 16.5. The summed E-state index contributed by atoms with van der Waals surface area (Å²) in [6.45, 7) is 3.73. The molecule has 0 spiro atoms. The number of ether oxygens (including phenoxy) is 1. The number of carbonyl (C=O) groups excluding carboxylic acids is 1. The molecular formula is C19H24N2O4. The summed E-state index contributed by atoms with van der Waals surface area (Å²) >= 11 is 0. The molecule has 0 aromatic heterocycles. The molecule has 6 nitrogen and oxygen atoms in total. The van der Waals surface area contributed by atoms with Gasteiger partial charge in [0.1, 0.15) is 0 Å². The molecule has 0 bridgehead atoms. The van der Waals surface area contributed by atoms with Gasteiger partial charge in [0.2, 0.25) is 5.91 Å². The zero-order valence-electron chi connectivity index (χ0n) is 14.3. The number of hydrogen-bond acceptors (Lipinski definition) is 4. The molecule has 25 heavy (non-hydrogen) atoms. The Morgan fingerprint density at radius 2 is 2.08 bits per heavy atom. The zero-order chi connectivity index (χ0) is 17.4. The summed E-state index contributed by atoms with van der Waals surface area (Å²) in [5, 5.41) is 9.73. The van der Waals surface area contributed by atoms with E-state index >= 15 is 0 Å². The fraction of sp³-hybridized carbons (Fsp3) is 0.579. The van der Waals surface area contributed by atoms with Gasteiger partial charge < -0.3 is 14.7 Å². The van der Waals surface area contributed by atoms with Crippen molar-refractivity contribution in [2.75, 3.05) is 39.4 Å². The van der Waals surface area contributed by atoms with Crippen molar-refractivity contribution < 1.29 is 19.4 Å². The molecule has 134 valence electrons. The van der Waals surface area contributed by atoms with Crippen molar-refractivity contribution in [2.45, 2.75) is 19.4 Å². The van der Waals surface area contributed by atoms with Crippen molar-refractivity contribution in [2.24, 2.45) is 11.3 Å². The molecule has 3 aliphatic rings. The number of carbonyl (C=O) groups is 2. The number of carboxylic acids is 1. The standard InChI is InChI=1S/C19H24N2O4/c22-17(11-20-7-5-14-3-1-2-4-15(14)9-20)21-10-16-12-25-8-6-19(16,13-21)18(23)24/h1-4,16H,5-13H2,(H,23,24)/t16-,19+/m1/s1. The third kappa shape index (κ3) is 2.93. The number of fused-ring (bicyclic) bond motifs is 2. The predicted molar refractivity (Wildman–Crippen MR) is 91.0 cm³/mol. The molecule has 2 atom stereocenters. The monoisotopic (exact) mass is 344 g/mol. The van der Waals surface area contributed by atoms with E-state index in [4.69, 9.17) is 4.74 Å². The molecule has 3 heterocycles. The smallest absolute Gasteiger partial charge is 0.311 e. The van der Waals surface area contributed by atoms with Crippen molar-refractivity contribution in [3.05, 3.63) is 35.4 Å². The van der Waals surface area contributed by atoms with Crippen LogP contribution in [-0.2, 0) is 27.3 Å². The van der Waals surface area contributed by atoms with Crippen LogP contribution in [0.1, 0.15) is 17.5 Å². The highest BCUT2D eigenvalue weighted by Gasteiger charge is 2.54. The van der Waals surface area contributed by atoms with Crippen molar-refractivity contribution in [3.8, 4) is 0 Å². The number of carboxylic acid groups (broad SMARTS) is 1. The number of aliphatic carboxylic acids is 1. The Morgan fingerprint density at radius 1 is 1.28 bits per heavy atom. The number of nitrogens with zero attached hydrogens (tertiary/aromatic N) is 2. The fourth-order valence-electron chi connectivity index (χ4n) is 4.47. The molecule has 0 radical (unpaired) electrons. The van der Waals surface area contributed by atoms with E-state index in [0.717, 1.165) is 19.5 Å². The van der Waals surface area contributed by atoms with Gasteiger partial charge in [-0.05, 0) is 24.0 Å². The number of rotatable bonds is 3. The lowest BCUT2D eigenvalue weighted by Crippen LogP contribution is -2.45. The lowest BCUT2D eigenvalue weighted by Gasteiger charge is -2.34. The highest BCUT2D eigenvalue weighted by molar-refractivity contribution is 5.82. The second-order valence-corrected chi connectivity index (χ2v) is 7.49. The SMILES string of the molecule is O=C(CN1CCc2ccccc2C1)N1C[C@@H]2COCC[C@]2(C(=O)O)C1. The van der Waals surface area contributed by atoms with Crippen LogP contribution in [0.3, 0.4) is 0 Å². The van der Waals surface area contributed by atoms with E-state index in [-0.39, 0.29) is 11.8 Å². The Bertz CT molecular complexity index is 692. The minimum atomic E-state index is -0.817. The van der Waals surface area contributed by atoms with Crippen LogP contribution in [0, 0.1) is 11.3 Å². The molecule has 0 saturated carbocycles. The van der Waals surface area contributed by atoms with E-state index < -0.39 is 11.4 Å². The summed E-state index contributed by atoms with van der Waals surface area (Å²) in [6.07, 6.45) is 1.45. The Labute approximate surface area is 147 Å². The molecule has 2 saturated heterocycles. The normalized spacial score (nSPS) is 29.1. The Balaban J connectivity index is 1.42. The van der Waals surface area contributed by atoms with Gasteiger partial charge in [-0.2, -0.15) is 0 Å². The molecule has 0 aliphatic carbocycles. The molecule has 0 unspecified atom stereocenters. The van der Waals surface area contributed by atoms with Crippen molar-refractivity contribution in [1.82, 2.24) is 9.80 Å². The summed E-state index contributed by atoms with van der Waals surface area (Å²) in [6, 6.07) is 8.36. The lowest BCUT2D eigenvalue weighted by molar-refractivity contribution is -0.157. The van der Waals surface area contributed by atoms with Crippen LogP contribution in [0.5, 0.6) is 0 Å². The minimum Gasteiger partial charge on any atom is -0.481 e. The van der Waals surface area contributed by atoms with Gasteiger partial charge in [0.15, 0.2) is 0 Å². The largest absolute Gasteiger partial charge is 0.481 e. The summed E-state index contributed by atoms with van der Waals surface area (Å²) in [4.78, 5) is 28.5. The maximum atomic E-state index is 12.8. The van der Waals surface area contributed by atoms with Crippen LogP contribution in [0.25, 0.3) is 0 Å². The number of amides is 1. The Hall–Kier alpha value is -1.92. The molecule has 3 aliphatic heterocycles. The highest BCUT2D eigenvalue weighted by Crippen LogP contribution is 2.42. The fourth-order valence-corrected chi connectivity index (χ4v) is 4.47. The van der Waals surface area contributed by atoms with Gasteiger partial charge in [0.05, 0.1) is 18.6 Å². The van der Waals surface area contributed by atoms with E-state index in [2.05, 4.69) is 23.1 Å². The van der Waals surface area contributed by atoms with Gasteiger partial charge in [-0.15, -0.1) is 0 Å². The van der Waals surface area contributed by atoms with Gasteiger partial charge in [-0.3, -0.25) is 14.5 Å². The van der Waals surface area contributed by atoms with Gasteiger partial charge in [0, 0.05) is 38.7 Å². The maximum Gasteiger partial charge on any atom is 0.311 e.